The molecule has 1 saturated heterocycles. The van der Waals surface area contributed by atoms with Gasteiger partial charge in [0.2, 0.25) is 0 Å². The molecule has 0 unspecified atom stereocenters. The smallest absolute Gasteiger partial charge is 0.326 e. The van der Waals surface area contributed by atoms with E-state index in [-0.39, 0.29) is 11.5 Å². The highest BCUT2D eigenvalue weighted by Crippen LogP contribution is 2.24. The standard InChI is InChI=1S/C15H13BrFN3O3/c16-11-8-20(10-5-3-9(17)4-6-10)18-13(11)14(21)19-7-1-2-12(19)15(22)23/h3-6,8,12H,1-2,7H2,(H,22,23)/t12-/m0/s1. The number of amides is 1. The Kier molecular flexibility index (Phi) is 4.16. The minimum atomic E-state index is -1.01. The number of carboxylic acid groups (broad SMARTS) is 1. The van der Waals surface area contributed by atoms with Crippen LogP contribution < -0.4 is 0 Å². The summed E-state index contributed by atoms with van der Waals surface area (Å²) in [7, 11) is 0. The number of carboxylic acids is 1. The fourth-order valence-electron chi connectivity index (χ4n) is 2.63. The third-order valence-corrected chi connectivity index (χ3v) is 4.34. The summed E-state index contributed by atoms with van der Waals surface area (Å²) in [6.45, 7) is 0.394. The Morgan fingerprint density at radius 1 is 1.30 bits per heavy atom. The van der Waals surface area contributed by atoms with Gasteiger partial charge in [-0.1, -0.05) is 0 Å². The predicted octanol–water partition coefficient (Wildman–Crippen LogP) is 2.46. The van der Waals surface area contributed by atoms with E-state index in [4.69, 9.17) is 0 Å². The van der Waals surface area contributed by atoms with Gasteiger partial charge in [0.25, 0.3) is 5.91 Å². The lowest BCUT2D eigenvalue weighted by Crippen LogP contribution is -2.40. The van der Waals surface area contributed by atoms with Gasteiger partial charge in [-0.05, 0) is 53.0 Å². The van der Waals surface area contributed by atoms with Gasteiger partial charge in [0.05, 0.1) is 10.2 Å². The van der Waals surface area contributed by atoms with Crippen LogP contribution in [-0.2, 0) is 4.79 Å². The summed E-state index contributed by atoms with van der Waals surface area (Å²) in [6.07, 6.45) is 2.68. The topological polar surface area (TPSA) is 75.4 Å². The van der Waals surface area contributed by atoms with E-state index in [0.29, 0.717) is 29.5 Å². The molecule has 2 heterocycles. The van der Waals surface area contributed by atoms with Crippen LogP contribution in [0.25, 0.3) is 5.69 Å². The monoisotopic (exact) mass is 381 g/mol. The van der Waals surface area contributed by atoms with Gasteiger partial charge in [0.15, 0.2) is 5.69 Å². The van der Waals surface area contributed by atoms with Crippen LogP contribution >= 0.6 is 15.9 Å². The first-order valence-electron chi connectivity index (χ1n) is 7.02. The molecule has 8 heteroatoms. The van der Waals surface area contributed by atoms with Gasteiger partial charge in [0.1, 0.15) is 11.9 Å². The Morgan fingerprint density at radius 3 is 2.65 bits per heavy atom. The molecule has 1 aliphatic rings. The molecule has 23 heavy (non-hydrogen) atoms. The number of halogens is 2. The first kappa shape index (κ1) is 15.7. The van der Waals surface area contributed by atoms with Gasteiger partial charge >= 0.3 is 5.97 Å². The number of hydrogen-bond donors (Lipinski definition) is 1. The van der Waals surface area contributed by atoms with Crippen LogP contribution in [0.15, 0.2) is 34.9 Å². The second-order valence-electron chi connectivity index (χ2n) is 5.24. The Bertz CT molecular complexity index is 760. The van der Waals surface area contributed by atoms with Crippen molar-refractivity contribution >= 4 is 27.8 Å². The van der Waals surface area contributed by atoms with E-state index >= 15 is 0 Å². The van der Waals surface area contributed by atoms with Crippen molar-refractivity contribution in [1.29, 1.82) is 0 Å². The Balaban J connectivity index is 1.90. The molecule has 1 aromatic heterocycles. The Labute approximate surface area is 139 Å². The van der Waals surface area contributed by atoms with Gasteiger partial charge in [-0.3, -0.25) is 4.79 Å². The molecule has 0 radical (unpaired) electrons. The van der Waals surface area contributed by atoms with Crippen molar-refractivity contribution in [1.82, 2.24) is 14.7 Å². The zero-order valence-corrected chi connectivity index (χ0v) is 13.5. The number of aliphatic carboxylic acids is 1. The maximum absolute atomic E-state index is 13.0. The summed E-state index contributed by atoms with van der Waals surface area (Å²) in [6, 6.07) is 4.86. The molecular formula is C15H13BrFN3O3. The molecule has 0 saturated carbocycles. The summed E-state index contributed by atoms with van der Waals surface area (Å²) in [5.74, 6) is -1.80. The van der Waals surface area contributed by atoms with Crippen LogP contribution in [0.3, 0.4) is 0 Å². The SMILES string of the molecule is O=C(O)[C@@H]1CCCN1C(=O)c1nn(-c2ccc(F)cc2)cc1Br. The summed E-state index contributed by atoms with van der Waals surface area (Å²) < 4.78 is 14.9. The van der Waals surface area contributed by atoms with Crippen molar-refractivity contribution in [2.45, 2.75) is 18.9 Å². The number of hydrogen-bond acceptors (Lipinski definition) is 3. The largest absolute Gasteiger partial charge is 0.480 e. The zero-order chi connectivity index (χ0) is 16.6. The average Bonchev–Trinajstić information content (AvgIpc) is 3.14. The molecule has 2 aromatic rings. The molecule has 1 fully saturated rings. The minimum absolute atomic E-state index is 0.141. The highest BCUT2D eigenvalue weighted by molar-refractivity contribution is 9.10. The summed E-state index contributed by atoms with van der Waals surface area (Å²) in [4.78, 5) is 25.1. The minimum Gasteiger partial charge on any atom is -0.480 e. The van der Waals surface area contributed by atoms with Crippen molar-refractivity contribution in [3.8, 4) is 5.69 Å². The van der Waals surface area contributed by atoms with Crippen LogP contribution in [-0.4, -0.2) is 44.3 Å². The van der Waals surface area contributed by atoms with Gasteiger partial charge in [-0.2, -0.15) is 5.10 Å². The van der Waals surface area contributed by atoms with E-state index in [1.807, 2.05) is 0 Å². The van der Waals surface area contributed by atoms with Gasteiger partial charge < -0.3 is 10.0 Å². The van der Waals surface area contributed by atoms with E-state index in [0.717, 1.165) is 0 Å². The summed E-state index contributed by atoms with van der Waals surface area (Å²) in [5, 5.41) is 13.4. The third-order valence-electron chi connectivity index (χ3n) is 3.76. The number of likely N-dealkylation sites (tertiary alicyclic amines) is 1. The molecule has 0 spiro atoms. The quantitative estimate of drug-likeness (QED) is 0.885. The van der Waals surface area contributed by atoms with Crippen molar-refractivity contribution in [2.75, 3.05) is 6.54 Å². The maximum Gasteiger partial charge on any atom is 0.326 e. The number of carbonyl (C=O) groups excluding carboxylic acids is 1. The average molecular weight is 382 g/mol. The van der Waals surface area contributed by atoms with E-state index in [1.54, 1.807) is 18.3 Å². The zero-order valence-electron chi connectivity index (χ0n) is 11.9. The predicted molar refractivity (Wildman–Crippen MR) is 82.9 cm³/mol. The molecule has 120 valence electrons. The maximum atomic E-state index is 13.0. The first-order valence-corrected chi connectivity index (χ1v) is 7.81. The number of rotatable bonds is 3. The number of aromatic nitrogens is 2. The van der Waals surface area contributed by atoms with Crippen LogP contribution in [0.2, 0.25) is 0 Å². The van der Waals surface area contributed by atoms with Crippen LogP contribution in [0.4, 0.5) is 4.39 Å². The lowest BCUT2D eigenvalue weighted by molar-refractivity contribution is -0.141. The van der Waals surface area contributed by atoms with Gasteiger partial charge in [-0.15, -0.1) is 0 Å². The van der Waals surface area contributed by atoms with E-state index < -0.39 is 17.9 Å². The molecule has 1 aromatic carbocycles. The second kappa shape index (κ2) is 6.11. The number of carbonyl (C=O) groups is 2. The first-order chi connectivity index (χ1) is 11.0. The number of benzene rings is 1. The van der Waals surface area contributed by atoms with Crippen LogP contribution in [0.5, 0.6) is 0 Å². The van der Waals surface area contributed by atoms with E-state index in [2.05, 4.69) is 21.0 Å². The lowest BCUT2D eigenvalue weighted by Gasteiger charge is -2.20. The molecule has 3 rings (SSSR count). The normalized spacial score (nSPS) is 17.5. The van der Waals surface area contributed by atoms with Crippen LogP contribution in [0, 0.1) is 5.82 Å². The molecular weight excluding hydrogens is 369 g/mol. The molecule has 1 atom stereocenters. The van der Waals surface area contributed by atoms with Gasteiger partial charge in [0, 0.05) is 12.7 Å². The third kappa shape index (κ3) is 2.98. The fraction of sp³-hybridized carbons (Fsp3) is 0.267. The van der Waals surface area contributed by atoms with Crippen molar-refractivity contribution in [3.63, 3.8) is 0 Å². The Morgan fingerprint density at radius 2 is 2.00 bits per heavy atom. The van der Waals surface area contributed by atoms with E-state index in [1.165, 1.54) is 21.7 Å². The summed E-state index contributed by atoms with van der Waals surface area (Å²) >= 11 is 3.28. The molecule has 0 bridgehead atoms. The lowest BCUT2D eigenvalue weighted by atomic mass is 10.2. The molecule has 6 nitrogen and oxygen atoms in total. The number of nitrogens with zero attached hydrogens (tertiary/aromatic N) is 3. The fourth-order valence-corrected chi connectivity index (χ4v) is 3.07. The van der Waals surface area contributed by atoms with Crippen molar-refractivity contribution in [3.05, 3.63) is 46.4 Å². The van der Waals surface area contributed by atoms with Crippen molar-refractivity contribution < 1.29 is 19.1 Å². The molecule has 0 aliphatic carbocycles. The Hall–Kier alpha value is -2.22. The highest BCUT2D eigenvalue weighted by atomic mass is 79.9. The van der Waals surface area contributed by atoms with Crippen LogP contribution in [0.1, 0.15) is 23.3 Å². The van der Waals surface area contributed by atoms with Gasteiger partial charge in [-0.25, -0.2) is 13.9 Å². The molecule has 1 N–H and O–H groups in total. The molecule has 1 aliphatic heterocycles. The summed E-state index contributed by atoms with van der Waals surface area (Å²) in [5.41, 5.74) is 0.741. The molecule has 1 amide bonds. The second-order valence-corrected chi connectivity index (χ2v) is 6.10. The highest BCUT2D eigenvalue weighted by Gasteiger charge is 2.36. The van der Waals surface area contributed by atoms with Crippen molar-refractivity contribution in [2.24, 2.45) is 0 Å². The van der Waals surface area contributed by atoms with E-state index in [9.17, 15) is 19.1 Å².